The van der Waals surface area contributed by atoms with Gasteiger partial charge in [-0.1, -0.05) is 12.8 Å². The van der Waals surface area contributed by atoms with E-state index in [2.05, 4.69) is 0 Å². The van der Waals surface area contributed by atoms with Crippen molar-refractivity contribution in [2.45, 2.75) is 64.0 Å². The van der Waals surface area contributed by atoms with Gasteiger partial charge in [0.1, 0.15) is 11.4 Å². The summed E-state index contributed by atoms with van der Waals surface area (Å²) in [5.41, 5.74) is 5.92. The van der Waals surface area contributed by atoms with Gasteiger partial charge >= 0.3 is 5.97 Å². The van der Waals surface area contributed by atoms with Crippen LogP contribution in [0.15, 0.2) is 23.2 Å². The highest BCUT2D eigenvalue weighted by Gasteiger charge is 2.46. The number of esters is 1. The van der Waals surface area contributed by atoms with Gasteiger partial charge in [0.15, 0.2) is 0 Å². The lowest BCUT2D eigenvalue weighted by atomic mass is 9.69. The zero-order chi connectivity index (χ0) is 18.9. The number of carbonyl (C=O) groups excluding carboxylic acids is 1. The van der Waals surface area contributed by atoms with Crippen LogP contribution in [0.25, 0.3) is 0 Å². The number of benzene rings is 1. The fraction of sp³-hybridized carbons (Fsp3) is 0.600. The molecule has 0 bridgehead atoms. The lowest BCUT2D eigenvalue weighted by molar-refractivity contribution is -0.153. The highest BCUT2D eigenvalue weighted by molar-refractivity contribution is 8.14. The Bertz CT molecular complexity index is 729. The quantitative estimate of drug-likeness (QED) is 0.613. The molecule has 2 N–H and O–H groups in total. The van der Waals surface area contributed by atoms with Gasteiger partial charge in [0.2, 0.25) is 0 Å². The highest BCUT2D eigenvalue weighted by atomic mass is 32.2. The minimum atomic E-state index is -0.611. The summed E-state index contributed by atoms with van der Waals surface area (Å²) in [5.74, 6) is 0.551. The molecule has 142 valence electrons. The summed E-state index contributed by atoms with van der Waals surface area (Å²) in [6.07, 6.45) is 4.08. The second-order valence-corrected chi connectivity index (χ2v) is 9.28. The zero-order valence-corrected chi connectivity index (χ0v) is 16.5. The lowest BCUT2D eigenvalue weighted by Gasteiger charge is -2.45. The number of nitrogens with zero attached hydrogens (tertiary/aromatic N) is 1. The van der Waals surface area contributed by atoms with Crippen molar-refractivity contribution < 1.29 is 13.9 Å². The van der Waals surface area contributed by atoms with Crippen LogP contribution in [0.5, 0.6) is 0 Å². The molecule has 2 aliphatic rings. The molecule has 1 aliphatic heterocycles. The second kappa shape index (κ2) is 7.22. The molecule has 2 atom stereocenters. The molecule has 0 amide bonds. The van der Waals surface area contributed by atoms with Gasteiger partial charge in [-0.2, -0.15) is 0 Å². The van der Waals surface area contributed by atoms with Gasteiger partial charge in [0, 0.05) is 17.0 Å². The SMILES string of the molecule is CC(C)(C)OC(=O)CC1=N[C@@]2(c3cc(N)ccc3F)CCCC[C@H]2CS1. The molecule has 0 aromatic heterocycles. The van der Waals surface area contributed by atoms with Crippen molar-refractivity contribution >= 4 is 28.5 Å². The smallest absolute Gasteiger partial charge is 0.312 e. The number of carbonyl (C=O) groups is 1. The predicted octanol–water partition coefficient (Wildman–Crippen LogP) is 4.67. The fourth-order valence-corrected chi connectivity index (χ4v) is 5.21. The Morgan fingerprint density at radius 3 is 2.92 bits per heavy atom. The molecule has 0 spiro atoms. The Morgan fingerprint density at radius 2 is 2.19 bits per heavy atom. The molecule has 1 aliphatic carbocycles. The number of aliphatic imine (C=N–C) groups is 1. The number of hydrogen-bond donors (Lipinski definition) is 1. The van der Waals surface area contributed by atoms with Crippen molar-refractivity contribution in [2.24, 2.45) is 10.9 Å². The largest absolute Gasteiger partial charge is 0.460 e. The molecule has 0 saturated heterocycles. The monoisotopic (exact) mass is 378 g/mol. The van der Waals surface area contributed by atoms with Crippen LogP contribution in [0.4, 0.5) is 10.1 Å². The Hall–Kier alpha value is -1.56. The van der Waals surface area contributed by atoms with Gasteiger partial charge in [-0.3, -0.25) is 9.79 Å². The number of nitrogens with two attached hydrogens (primary N) is 1. The van der Waals surface area contributed by atoms with Gasteiger partial charge in [-0.15, -0.1) is 11.8 Å². The van der Waals surface area contributed by atoms with Crippen LogP contribution in [0.1, 0.15) is 58.4 Å². The summed E-state index contributed by atoms with van der Waals surface area (Å²) in [6, 6.07) is 4.73. The van der Waals surface area contributed by atoms with Crippen molar-refractivity contribution in [1.29, 1.82) is 0 Å². The van der Waals surface area contributed by atoms with E-state index in [9.17, 15) is 9.18 Å². The van der Waals surface area contributed by atoms with Crippen LogP contribution in [-0.4, -0.2) is 22.4 Å². The third kappa shape index (κ3) is 4.05. The molecule has 0 unspecified atom stereocenters. The standard InChI is InChI=1S/C20H27FN2O2S/c1-19(2,3)25-18(24)11-17-23-20(9-5-4-6-13(20)12-26-17)15-10-14(22)7-8-16(15)21/h7-8,10,13H,4-6,9,11-12,22H2,1-3H3/t13-,20-/m0/s1. The molecule has 6 heteroatoms. The van der Waals surface area contributed by atoms with Gasteiger partial charge < -0.3 is 10.5 Å². The molecule has 1 heterocycles. The minimum Gasteiger partial charge on any atom is -0.460 e. The van der Waals surface area contributed by atoms with E-state index in [1.807, 2.05) is 20.8 Å². The first-order chi connectivity index (χ1) is 12.2. The third-order valence-corrected chi connectivity index (χ3v) is 6.12. The van der Waals surface area contributed by atoms with Gasteiger partial charge in [0.05, 0.1) is 17.0 Å². The molecule has 4 nitrogen and oxygen atoms in total. The topological polar surface area (TPSA) is 64.7 Å². The number of fused-ring (bicyclic) bond motifs is 1. The average molecular weight is 379 g/mol. The van der Waals surface area contributed by atoms with Crippen LogP contribution < -0.4 is 5.73 Å². The maximum Gasteiger partial charge on any atom is 0.312 e. The molecule has 26 heavy (non-hydrogen) atoms. The first-order valence-electron chi connectivity index (χ1n) is 9.18. The first-order valence-corrected chi connectivity index (χ1v) is 10.2. The second-order valence-electron chi connectivity index (χ2n) is 8.19. The molecule has 0 radical (unpaired) electrons. The van der Waals surface area contributed by atoms with Crippen molar-refractivity contribution in [1.82, 2.24) is 0 Å². The summed E-state index contributed by atoms with van der Waals surface area (Å²) in [6.45, 7) is 5.55. The number of ether oxygens (including phenoxy) is 1. The summed E-state index contributed by atoms with van der Waals surface area (Å²) in [4.78, 5) is 17.2. The Balaban J connectivity index is 1.95. The Kier molecular flexibility index (Phi) is 5.33. The van der Waals surface area contributed by atoms with E-state index in [4.69, 9.17) is 15.5 Å². The lowest BCUT2D eigenvalue weighted by Crippen LogP contribution is -2.42. The van der Waals surface area contributed by atoms with Crippen molar-refractivity contribution in [3.8, 4) is 0 Å². The average Bonchev–Trinajstić information content (AvgIpc) is 2.55. The number of nitrogen functional groups attached to an aromatic ring is 1. The Morgan fingerprint density at radius 1 is 1.42 bits per heavy atom. The van der Waals surface area contributed by atoms with Crippen molar-refractivity contribution in [3.63, 3.8) is 0 Å². The van der Waals surface area contributed by atoms with Gasteiger partial charge in [-0.05, 0) is 57.7 Å². The molecule has 1 aromatic carbocycles. The van der Waals surface area contributed by atoms with Crippen LogP contribution >= 0.6 is 11.8 Å². The maximum absolute atomic E-state index is 14.7. The summed E-state index contributed by atoms with van der Waals surface area (Å²) in [5, 5.41) is 0.735. The molecule has 3 rings (SSSR count). The Labute approximate surface area is 158 Å². The van der Waals surface area contributed by atoms with E-state index in [0.717, 1.165) is 36.5 Å². The van der Waals surface area contributed by atoms with Crippen LogP contribution in [-0.2, 0) is 15.1 Å². The molecular weight excluding hydrogens is 351 g/mol. The van der Waals surface area contributed by atoms with E-state index >= 15 is 0 Å². The van der Waals surface area contributed by atoms with E-state index in [0.29, 0.717) is 11.3 Å². The third-order valence-electron chi connectivity index (χ3n) is 4.98. The summed E-state index contributed by atoms with van der Waals surface area (Å²) < 4.78 is 20.1. The summed E-state index contributed by atoms with van der Waals surface area (Å²) in [7, 11) is 0. The number of halogens is 1. The van der Waals surface area contributed by atoms with Gasteiger partial charge in [0.25, 0.3) is 0 Å². The number of thioether (sulfide) groups is 1. The minimum absolute atomic E-state index is 0.139. The van der Waals surface area contributed by atoms with E-state index in [1.54, 1.807) is 23.9 Å². The van der Waals surface area contributed by atoms with E-state index in [-0.39, 0.29) is 24.1 Å². The highest BCUT2D eigenvalue weighted by Crippen LogP contribution is 2.50. The van der Waals surface area contributed by atoms with Crippen LogP contribution in [0.3, 0.4) is 0 Å². The van der Waals surface area contributed by atoms with Crippen LogP contribution in [0.2, 0.25) is 0 Å². The first kappa shape index (κ1) is 19.2. The number of rotatable bonds is 3. The zero-order valence-electron chi connectivity index (χ0n) is 15.7. The van der Waals surface area contributed by atoms with Gasteiger partial charge in [-0.25, -0.2) is 4.39 Å². The normalized spacial score (nSPS) is 26.0. The molecule has 1 fully saturated rings. The van der Waals surface area contributed by atoms with E-state index in [1.165, 1.54) is 6.07 Å². The van der Waals surface area contributed by atoms with E-state index < -0.39 is 11.1 Å². The molecular formula is C20H27FN2O2S. The maximum atomic E-state index is 14.7. The fourth-order valence-electron chi connectivity index (χ4n) is 3.93. The molecule has 1 aromatic rings. The number of anilines is 1. The number of hydrogen-bond acceptors (Lipinski definition) is 5. The van der Waals surface area contributed by atoms with Crippen molar-refractivity contribution in [2.75, 3.05) is 11.5 Å². The predicted molar refractivity (Wildman–Crippen MR) is 105 cm³/mol. The molecule has 1 saturated carbocycles. The van der Waals surface area contributed by atoms with Crippen LogP contribution in [0, 0.1) is 11.7 Å². The van der Waals surface area contributed by atoms with Crippen molar-refractivity contribution in [3.05, 3.63) is 29.6 Å². The summed E-state index contributed by atoms with van der Waals surface area (Å²) >= 11 is 1.60.